The second-order valence-electron chi connectivity index (χ2n) is 4.77. The molecule has 1 unspecified atom stereocenters. The zero-order valence-electron chi connectivity index (χ0n) is 12.5. The Morgan fingerprint density at radius 2 is 1.86 bits per heavy atom. The monoisotopic (exact) mass is 312 g/mol. The highest BCUT2D eigenvalue weighted by molar-refractivity contribution is 5.87. The van der Waals surface area contributed by atoms with E-state index in [9.17, 15) is 18.4 Å². The van der Waals surface area contributed by atoms with Crippen molar-refractivity contribution in [2.24, 2.45) is 0 Å². The summed E-state index contributed by atoms with van der Waals surface area (Å²) in [6.45, 7) is 5.75. The first-order valence-electron chi connectivity index (χ1n) is 6.74. The van der Waals surface area contributed by atoms with Crippen molar-refractivity contribution >= 4 is 11.9 Å². The molecule has 0 aliphatic carbocycles. The minimum Gasteiger partial charge on any atom is -0.456 e. The first-order valence-corrected chi connectivity index (χ1v) is 6.74. The van der Waals surface area contributed by atoms with Gasteiger partial charge in [0.25, 0.3) is 0 Å². The Morgan fingerprint density at radius 3 is 2.36 bits per heavy atom. The number of carbonyl (C=O) groups excluding carboxylic acids is 2. The Morgan fingerprint density at radius 1 is 1.27 bits per heavy atom. The van der Waals surface area contributed by atoms with E-state index in [-0.39, 0.29) is 18.6 Å². The van der Waals surface area contributed by atoms with Crippen molar-refractivity contribution in [2.75, 3.05) is 0 Å². The molecule has 1 rings (SSSR count). The Labute approximate surface area is 127 Å². The highest BCUT2D eigenvalue weighted by Crippen LogP contribution is 2.26. The van der Waals surface area contributed by atoms with E-state index in [0.29, 0.717) is 5.56 Å². The van der Waals surface area contributed by atoms with Gasteiger partial charge in [0.2, 0.25) is 0 Å². The van der Waals surface area contributed by atoms with Crippen LogP contribution in [0.4, 0.5) is 8.78 Å². The number of esters is 2. The molecule has 1 aromatic rings. The van der Waals surface area contributed by atoms with Crippen molar-refractivity contribution in [3.05, 3.63) is 48.0 Å². The summed E-state index contributed by atoms with van der Waals surface area (Å²) in [5, 5.41) is 0. The first kappa shape index (κ1) is 17.8. The number of hydrogen-bond acceptors (Lipinski definition) is 4. The Balaban J connectivity index is 2.70. The Kier molecular flexibility index (Phi) is 6.22. The van der Waals surface area contributed by atoms with Gasteiger partial charge in [-0.2, -0.15) is 8.78 Å². The molecule has 6 heteroatoms. The average Bonchev–Trinajstić information content (AvgIpc) is 2.50. The first-order chi connectivity index (χ1) is 10.3. The quantitative estimate of drug-likeness (QED) is 0.573. The van der Waals surface area contributed by atoms with Crippen LogP contribution in [0.1, 0.15) is 25.8 Å². The van der Waals surface area contributed by atoms with Crippen LogP contribution in [0.5, 0.6) is 0 Å². The standard InChI is InChI=1S/C16H18F2O4/c1-4-13(22-14(19)11(2)3)16(17,18)15(20)21-10-12-8-6-5-7-9-12/h5-9,13H,2,4,10H2,1,3H3. The molecule has 120 valence electrons. The molecule has 0 radical (unpaired) electrons. The van der Waals surface area contributed by atoms with E-state index >= 15 is 0 Å². The minimum atomic E-state index is -3.92. The fourth-order valence-electron chi connectivity index (χ4n) is 1.59. The molecule has 1 aromatic carbocycles. The molecule has 4 nitrogen and oxygen atoms in total. The molecular weight excluding hydrogens is 294 g/mol. The molecule has 1 atom stereocenters. The van der Waals surface area contributed by atoms with Crippen LogP contribution in [-0.4, -0.2) is 24.0 Å². The highest BCUT2D eigenvalue weighted by Gasteiger charge is 2.50. The maximum Gasteiger partial charge on any atom is 0.381 e. The predicted octanol–water partition coefficient (Wildman–Crippen LogP) is 3.26. The number of hydrogen-bond donors (Lipinski definition) is 0. The molecule has 0 aromatic heterocycles. The van der Waals surface area contributed by atoms with Gasteiger partial charge >= 0.3 is 17.9 Å². The van der Waals surface area contributed by atoms with E-state index in [1.165, 1.54) is 13.8 Å². The smallest absolute Gasteiger partial charge is 0.381 e. The second kappa shape index (κ2) is 7.68. The molecule has 0 N–H and O–H groups in total. The van der Waals surface area contributed by atoms with Crippen LogP contribution in [0, 0.1) is 0 Å². The van der Waals surface area contributed by atoms with Gasteiger partial charge < -0.3 is 9.47 Å². The van der Waals surface area contributed by atoms with Gasteiger partial charge in [0.1, 0.15) is 6.61 Å². The summed E-state index contributed by atoms with van der Waals surface area (Å²) in [5.74, 6) is -6.62. The fourth-order valence-corrected chi connectivity index (χ4v) is 1.59. The molecule has 0 heterocycles. The number of halogens is 2. The maximum atomic E-state index is 14.0. The lowest BCUT2D eigenvalue weighted by molar-refractivity contribution is -0.198. The van der Waals surface area contributed by atoms with Crippen molar-refractivity contribution in [3.8, 4) is 0 Å². The summed E-state index contributed by atoms with van der Waals surface area (Å²) >= 11 is 0. The van der Waals surface area contributed by atoms with E-state index in [0.717, 1.165) is 0 Å². The normalized spacial score (nSPS) is 12.4. The number of carbonyl (C=O) groups is 2. The van der Waals surface area contributed by atoms with E-state index < -0.39 is 24.0 Å². The fraction of sp³-hybridized carbons (Fsp3) is 0.375. The molecule has 0 fully saturated rings. The summed E-state index contributed by atoms with van der Waals surface area (Å²) in [6.07, 6.45) is -2.12. The third-order valence-electron chi connectivity index (χ3n) is 2.86. The maximum absolute atomic E-state index is 14.0. The van der Waals surface area contributed by atoms with Crippen molar-refractivity contribution in [2.45, 2.75) is 38.9 Å². The minimum absolute atomic E-state index is 0.0214. The molecule has 0 aliphatic heterocycles. The lowest BCUT2D eigenvalue weighted by atomic mass is 10.1. The van der Waals surface area contributed by atoms with Crippen LogP contribution < -0.4 is 0 Å². The van der Waals surface area contributed by atoms with Gasteiger partial charge in [-0.15, -0.1) is 0 Å². The topological polar surface area (TPSA) is 52.6 Å². The van der Waals surface area contributed by atoms with Crippen LogP contribution in [0.3, 0.4) is 0 Å². The van der Waals surface area contributed by atoms with Crippen molar-refractivity contribution in [1.29, 1.82) is 0 Å². The predicted molar refractivity (Wildman–Crippen MR) is 76.2 cm³/mol. The summed E-state index contributed by atoms with van der Waals surface area (Å²) < 4.78 is 37.3. The number of rotatable bonds is 7. The van der Waals surface area contributed by atoms with Gasteiger partial charge in [0.05, 0.1) is 0 Å². The second-order valence-corrected chi connectivity index (χ2v) is 4.77. The van der Waals surface area contributed by atoms with Gasteiger partial charge in [-0.3, -0.25) is 0 Å². The zero-order valence-corrected chi connectivity index (χ0v) is 12.5. The van der Waals surface area contributed by atoms with Crippen LogP contribution in [0.2, 0.25) is 0 Å². The Hall–Kier alpha value is -2.24. The van der Waals surface area contributed by atoms with Crippen LogP contribution in [-0.2, 0) is 25.7 Å². The van der Waals surface area contributed by atoms with Crippen LogP contribution in [0.25, 0.3) is 0 Å². The van der Waals surface area contributed by atoms with Gasteiger partial charge in [-0.1, -0.05) is 43.8 Å². The molecule has 0 saturated heterocycles. The van der Waals surface area contributed by atoms with Crippen LogP contribution >= 0.6 is 0 Å². The number of alkyl halides is 2. The number of ether oxygens (including phenoxy) is 2. The van der Waals surface area contributed by atoms with E-state index in [4.69, 9.17) is 0 Å². The largest absolute Gasteiger partial charge is 0.456 e. The third-order valence-corrected chi connectivity index (χ3v) is 2.86. The molecule has 0 spiro atoms. The molecule has 0 amide bonds. The van der Waals surface area contributed by atoms with Gasteiger partial charge in [0.15, 0.2) is 6.10 Å². The SMILES string of the molecule is C=C(C)C(=O)OC(CC)C(F)(F)C(=O)OCc1ccccc1. The van der Waals surface area contributed by atoms with E-state index in [2.05, 4.69) is 16.1 Å². The third kappa shape index (κ3) is 4.65. The molecule has 0 aliphatic rings. The zero-order chi connectivity index (χ0) is 16.8. The molecule has 0 bridgehead atoms. The van der Waals surface area contributed by atoms with Gasteiger partial charge in [-0.05, 0) is 18.9 Å². The molecular formula is C16H18F2O4. The summed E-state index contributed by atoms with van der Waals surface area (Å²) in [7, 11) is 0. The lowest BCUT2D eigenvalue weighted by Crippen LogP contribution is -2.45. The Bertz CT molecular complexity index is 540. The summed E-state index contributed by atoms with van der Waals surface area (Å²) in [4.78, 5) is 23.0. The van der Waals surface area contributed by atoms with Crippen LogP contribution in [0.15, 0.2) is 42.5 Å². The van der Waals surface area contributed by atoms with E-state index in [1.54, 1.807) is 30.3 Å². The molecule has 22 heavy (non-hydrogen) atoms. The summed E-state index contributed by atoms with van der Waals surface area (Å²) in [6, 6.07) is 8.44. The van der Waals surface area contributed by atoms with Crippen molar-refractivity contribution in [3.63, 3.8) is 0 Å². The van der Waals surface area contributed by atoms with Gasteiger partial charge in [0, 0.05) is 5.57 Å². The van der Waals surface area contributed by atoms with E-state index in [1.807, 2.05) is 0 Å². The van der Waals surface area contributed by atoms with Gasteiger partial charge in [-0.25, -0.2) is 9.59 Å². The molecule has 0 saturated carbocycles. The highest BCUT2D eigenvalue weighted by atomic mass is 19.3. The van der Waals surface area contributed by atoms with Crippen molar-refractivity contribution < 1.29 is 27.8 Å². The lowest BCUT2D eigenvalue weighted by Gasteiger charge is -2.24. The average molecular weight is 312 g/mol. The summed E-state index contributed by atoms with van der Waals surface area (Å²) in [5.41, 5.74) is 0.561. The number of benzene rings is 1. The van der Waals surface area contributed by atoms with Crippen molar-refractivity contribution in [1.82, 2.24) is 0 Å².